The van der Waals surface area contributed by atoms with Crippen LogP contribution in [0.25, 0.3) is 0 Å². The van der Waals surface area contributed by atoms with Gasteiger partial charge in [-0.3, -0.25) is 4.79 Å². The van der Waals surface area contributed by atoms with E-state index in [1.165, 1.54) is 7.11 Å². The molecular formula is C8H12N2O3. The van der Waals surface area contributed by atoms with Crippen molar-refractivity contribution in [2.24, 2.45) is 0 Å². The number of piperazine rings is 1. The minimum Gasteiger partial charge on any atom is -0.467 e. The molecule has 2 N–H and O–H groups in total. The number of amides is 1. The lowest BCUT2D eigenvalue weighted by atomic mass is 10.1. The van der Waals surface area contributed by atoms with Gasteiger partial charge in [-0.1, -0.05) is 0 Å². The zero-order valence-electron chi connectivity index (χ0n) is 7.37. The summed E-state index contributed by atoms with van der Waals surface area (Å²) >= 11 is 0. The van der Waals surface area contributed by atoms with E-state index >= 15 is 0 Å². The van der Waals surface area contributed by atoms with Crippen molar-refractivity contribution in [3.63, 3.8) is 0 Å². The molecule has 0 spiro atoms. The second-order valence-electron chi connectivity index (χ2n) is 3.41. The zero-order chi connectivity index (χ0) is 9.42. The van der Waals surface area contributed by atoms with Crippen molar-refractivity contribution < 1.29 is 14.3 Å². The molecule has 2 saturated heterocycles. The molecule has 3 atom stereocenters. The number of carbonyl (C=O) groups is 2. The quantitative estimate of drug-likeness (QED) is 0.501. The molecule has 0 aromatic carbocycles. The van der Waals surface area contributed by atoms with Crippen molar-refractivity contribution in [1.29, 1.82) is 0 Å². The Morgan fingerprint density at radius 1 is 1.54 bits per heavy atom. The summed E-state index contributed by atoms with van der Waals surface area (Å²) in [7, 11) is 1.33. The monoisotopic (exact) mass is 184 g/mol. The molecule has 2 aliphatic rings. The molecule has 1 amide bonds. The Morgan fingerprint density at radius 2 is 2.31 bits per heavy atom. The van der Waals surface area contributed by atoms with Crippen LogP contribution in [0.5, 0.6) is 0 Å². The maximum atomic E-state index is 11.3. The molecule has 5 heteroatoms. The molecule has 2 aliphatic heterocycles. The first-order valence-corrected chi connectivity index (χ1v) is 4.36. The molecule has 0 radical (unpaired) electrons. The molecule has 2 fully saturated rings. The lowest BCUT2D eigenvalue weighted by Gasteiger charge is -2.28. The highest BCUT2D eigenvalue weighted by molar-refractivity contribution is 5.90. The van der Waals surface area contributed by atoms with Crippen molar-refractivity contribution in [2.75, 3.05) is 7.11 Å². The summed E-state index contributed by atoms with van der Waals surface area (Å²) in [5.41, 5.74) is 0. The van der Waals surface area contributed by atoms with Gasteiger partial charge in [-0.05, 0) is 12.8 Å². The van der Waals surface area contributed by atoms with Gasteiger partial charge >= 0.3 is 5.97 Å². The summed E-state index contributed by atoms with van der Waals surface area (Å²) in [6.07, 6.45) is 1.66. The Morgan fingerprint density at radius 3 is 3.00 bits per heavy atom. The number of esters is 1. The predicted octanol–water partition coefficient (Wildman–Crippen LogP) is -1.22. The minimum atomic E-state index is -0.503. The molecule has 2 unspecified atom stereocenters. The lowest BCUT2D eigenvalue weighted by molar-refractivity contribution is -0.147. The van der Waals surface area contributed by atoms with Gasteiger partial charge in [0.05, 0.1) is 13.2 Å². The fraction of sp³-hybridized carbons (Fsp3) is 0.750. The van der Waals surface area contributed by atoms with E-state index in [4.69, 9.17) is 0 Å². The highest BCUT2D eigenvalue weighted by Crippen LogP contribution is 2.20. The molecule has 0 aromatic rings. The number of hydrogen-bond donors (Lipinski definition) is 2. The van der Waals surface area contributed by atoms with E-state index in [9.17, 15) is 9.59 Å². The Hall–Kier alpha value is -1.10. The van der Waals surface area contributed by atoms with Crippen LogP contribution in [0.2, 0.25) is 0 Å². The second-order valence-corrected chi connectivity index (χ2v) is 3.41. The van der Waals surface area contributed by atoms with Crippen molar-refractivity contribution in [2.45, 2.75) is 31.0 Å². The van der Waals surface area contributed by atoms with Crippen LogP contribution < -0.4 is 10.6 Å². The van der Waals surface area contributed by atoms with Gasteiger partial charge in [-0.25, -0.2) is 4.79 Å². The van der Waals surface area contributed by atoms with E-state index in [1.54, 1.807) is 0 Å². The molecule has 0 aliphatic carbocycles. The van der Waals surface area contributed by atoms with Gasteiger partial charge in [-0.15, -0.1) is 0 Å². The maximum Gasteiger partial charge on any atom is 0.330 e. The van der Waals surface area contributed by atoms with Crippen molar-refractivity contribution >= 4 is 11.9 Å². The third kappa shape index (κ3) is 1.29. The smallest absolute Gasteiger partial charge is 0.330 e. The van der Waals surface area contributed by atoms with Crippen LogP contribution in [0.15, 0.2) is 0 Å². The third-order valence-corrected chi connectivity index (χ3v) is 2.65. The molecular weight excluding hydrogens is 172 g/mol. The fourth-order valence-corrected chi connectivity index (χ4v) is 1.95. The number of fused-ring (bicyclic) bond motifs is 2. The molecule has 0 aromatic heterocycles. The molecule has 2 heterocycles. The SMILES string of the molecule is COC(=O)C1NC(=O)C2CC[C@@H]1N2. The maximum absolute atomic E-state index is 11.3. The molecule has 2 bridgehead atoms. The zero-order valence-corrected chi connectivity index (χ0v) is 7.37. The number of carbonyl (C=O) groups excluding carboxylic acids is 2. The van der Waals surface area contributed by atoms with Gasteiger partial charge in [0.15, 0.2) is 0 Å². The van der Waals surface area contributed by atoms with Crippen molar-refractivity contribution in [1.82, 2.24) is 10.6 Å². The summed E-state index contributed by atoms with van der Waals surface area (Å²) in [5, 5.41) is 5.75. The van der Waals surface area contributed by atoms with E-state index in [-0.39, 0.29) is 24.0 Å². The topological polar surface area (TPSA) is 67.4 Å². The van der Waals surface area contributed by atoms with E-state index in [1.807, 2.05) is 0 Å². The van der Waals surface area contributed by atoms with E-state index in [2.05, 4.69) is 15.4 Å². The van der Waals surface area contributed by atoms with Gasteiger partial charge in [0.25, 0.3) is 0 Å². The fourth-order valence-electron chi connectivity index (χ4n) is 1.95. The summed E-state index contributed by atoms with van der Waals surface area (Å²) < 4.78 is 4.59. The number of rotatable bonds is 1. The summed E-state index contributed by atoms with van der Waals surface area (Å²) in [6.45, 7) is 0. The first-order valence-electron chi connectivity index (χ1n) is 4.36. The largest absolute Gasteiger partial charge is 0.467 e. The standard InChI is InChI=1S/C8H12N2O3/c1-13-8(12)6-4-2-3-5(9-4)7(11)10-6/h4-6,9H,2-3H2,1H3,(H,10,11)/t4-,5?,6?/m0/s1. The van der Waals surface area contributed by atoms with Crippen LogP contribution in [-0.2, 0) is 14.3 Å². The Labute approximate surface area is 75.8 Å². The van der Waals surface area contributed by atoms with E-state index in [0.29, 0.717) is 0 Å². The average molecular weight is 184 g/mol. The Bertz CT molecular complexity index is 254. The molecule has 0 saturated carbocycles. The van der Waals surface area contributed by atoms with Crippen molar-refractivity contribution in [3.05, 3.63) is 0 Å². The summed E-state index contributed by atoms with van der Waals surface area (Å²) in [5.74, 6) is -0.463. The number of ether oxygens (including phenoxy) is 1. The predicted molar refractivity (Wildman–Crippen MR) is 43.9 cm³/mol. The van der Waals surface area contributed by atoms with Gasteiger partial charge < -0.3 is 15.4 Å². The van der Waals surface area contributed by atoms with Crippen LogP contribution >= 0.6 is 0 Å². The number of nitrogens with one attached hydrogen (secondary N) is 2. The molecule has 5 nitrogen and oxygen atoms in total. The van der Waals surface area contributed by atoms with Gasteiger partial charge in [-0.2, -0.15) is 0 Å². The van der Waals surface area contributed by atoms with Crippen LogP contribution in [0, 0.1) is 0 Å². The van der Waals surface area contributed by atoms with Crippen LogP contribution in [0.1, 0.15) is 12.8 Å². The van der Waals surface area contributed by atoms with Gasteiger partial charge in [0.1, 0.15) is 6.04 Å². The summed E-state index contributed by atoms with van der Waals surface area (Å²) in [4.78, 5) is 22.5. The van der Waals surface area contributed by atoms with Gasteiger partial charge in [0, 0.05) is 6.04 Å². The van der Waals surface area contributed by atoms with E-state index in [0.717, 1.165) is 12.8 Å². The van der Waals surface area contributed by atoms with Crippen LogP contribution in [0.4, 0.5) is 0 Å². The average Bonchev–Trinajstić information content (AvgIpc) is 2.56. The molecule has 2 rings (SSSR count). The minimum absolute atomic E-state index is 0.0511. The highest BCUT2D eigenvalue weighted by atomic mass is 16.5. The van der Waals surface area contributed by atoms with Gasteiger partial charge in [0.2, 0.25) is 5.91 Å². The molecule has 13 heavy (non-hydrogen) atoms. The molecule has 72 valence electrons. The number of hydrogen-bond acceptors (Lipinski definition) is 4. The van der Waals surface area contributed by atoms with Crippen LogP contribution in [-0.4, -0.2) is 37.1 Å². The highest BCUT2D eigenvalue weighted by Gasteiger charge is 2.43. The second kappa shape index (κ2) is 2.99. The summed E-state index contributed by atoms with van der Waals surface area (Å²) in [6, 6.07) is -0.558. The first-order chi connectivity index (χ1) is 6.22. The third-order valence-electron chi connectivity index (χ3n) is 2.65. The normalized spacial score (nSPS) is 37.0. The number of methoxy groups -OCH3 is 1. The van der Waals surface area contributed by atoms with Crippen LogP contribution in [0.3, 0.4) is 0 Å². The first kappa shape index (κ1) is 8.50. The Kier molecular flexibility index (Phi) is 1.95. The Balaban J connectivity index is 2.12. The van der Waals surface area contributed by atoms with E-state index < -0.39 is 6.04 Å². The van der Waals surface area contributed by atoms with Crippen molar-refractivity contribution in [3.8, 4) is 0 Å². The lowest BCUT2D eigenvalue weighted by Crippen LogP contribution is -2.62.